The Labute approximate surface area is 175 Å². The first-order chi connectivity index (χ1) is 14.0. The summed E-state index contributed by atoms with van der Waals surface area (Å²) in [7, 11) is 0. The van der Waals surface area contributed by atoms with Gasteiger partial charge < -0.3 is 4.42 Å². The van der Waals surface area contributed by atoms with Gasteiger partial charge in [-0.2, -0.15) is 0 Å². The topological polar surface area (TPSA) is 38.9 Å². The van der Waals surface area contributed by atoms with Crippen LogP contribution in [0.4, 0.5) is 0 Å². The van der Waals surface area contributed by atoms with Crippen LogP contribution < -0.4 is 0 Å². The van der Waals surface area contributed by atoms with Gasteiger partial charge in [0, 0.05) is 31.1 Å². The van der Waals surface area contributed by atoms with E-state index < -0.39 is 0 Å². The third kappa shape index (κ3) is 2.54. The van der Waals surface area contributed by atoms with E-state index in [0.29, 0.717) is 0 Å². The number of thiophene rings is 2. The summed E-state index contributed by atoms with van der Waals surface area (Å²) in [5.74, 6) is 0. The first kappa shape index (κ1) is 17.1. The van der Waals surface area contributed by atoms with Gasteiger partial charge in [-0.25, -0.2) is 9.97 Å². The Kier molecular flexibility index (Phi) is 3.47. The lowest BCUT2D eigenvalue weighted by Crippen LogP contribution is -2.11. The predicted octanol–water partition coefficient (Wildman–Crippen LogP) is 7.77. The molecule has 0 saturated heterocycles. The Morgan fingerprint density at radius 2 is 1.86 bits per heavy atom. The number of rotatable bonds is 1. The SMILES string of the molecule is CC(C)(C)c1cc(-c2ncnc3sc4cc5occc5cc4c23)cc2ccsc12. The van der Waals surface area contributed by atoms with Crippen LogP contribution in [-0.2, 0) is 5.41 Å². The van der Waals surface area contributed by atoms with Crippen LogP contribution in [0.5, 0.6) is 0 Å². The second kappa shape index (κ2) is 5.88. The molecule has 0 bridgehead atoms. The molecule has 6 aromatic rings. The number of hydrogen-bond acceptors (Lipinski definition) is 5. The molecule has 4 heterocycles. The average Bonchev–Trinajstić information content (AvgIpc) is 3.41. The highest BCUT2D eigenvalue weighted by atomic mass is 32.1. The van der Waals surface area contributed by atoms with Crippen molar-refractivity contribution < 1.29 is 4.42 Å². The monoisotopic (exact) mass is 414 g/mol. The van der Waals surface area contributed by atoms with E-state index in [1.165, 1.54) is 25.7 Å². The molecule has 0 aliphatic rings. The molecule has 0 aliphatic heterocycles. The van der Waals surface area contributed by atoms with E-state index in [2.05, 4.69) is 61.5 Å². The van der Waals surface area contributed by atoms with Gasteiger partial charge in [0.15, 0.2) is 0 Å². The van der Waals surface area contributed by atoms with E-state index in [-0.39, 0.29) is 5.41 Å². The standard InChI is InChI=1S/C24H18N2OS2/c1-24(2,3)17-10-15(8-14-5-7-28-22(14)17)21-20-16-9-13-4-6-27-18(13)11-19(16)29-23(20)26-12-25-21/h4-12H,1-3H3. The highest BCUT2D eigenvalue weighted by molar-refractivity contribution is 7.25. The Hall–Kier alpha value is -2.76. The molecule has 0 fully saturated rings. The summed E-state index contributed by atoms with van der Waals surface area (Å²) in [4.78, 5) is 10.4. The lowest BCUT2D eigenvalue weighted by molar-refractivity contribution is 0.597. The molecule has 0 unspecified atom stereocenters. The maximum atomic E-state index is 5.60. The van der Waals surface area contributed by atoms with Crippen LogP contribution in [0.15, 0.2) is 58.8 Å². The van der Waals surface area contributed by atoms with Crippen molar-refractivity contribution in [3.05, 3.63) is 59.9 Å². The average molecular weight is 415 g/mol. The van der Waals surface area contributed by atoms with Crippen LogP contribution >= 0.6 is 22.7 Å². The first-order valence-electron chi connectivity index (χ1n) is 9.55. The van der Waals surface area contributed by atoms with Gasteiger partial charge in [-0.15, -0.1) is 22.7 Å². The van der Waals surface area contributed by atoms with Gasteiger partial charge in [0.2, 0.25) is 0 Å². The van der Waals surface area contributed by atoms with Gasteiger partial charge in [-0.05, 0) is 58.1 Å². The second-order valence-electron chi connectivity index (χ2n) is 8.42. The molecule has 0 saturated carbocycles. The molecule has 0 atom stereocenters. The fourth-order valence-corrected chi connectivity index (χ4v) is 6.22. The minimum atomic E-state index is 0.0604. The Morgan fingerprint density at radius 1 is 0.966 bits per heavy atom. The fraction of sp³-hybridized carbons (Fsp3) is 0.167. The van der Waals surface area contributed by atoms with E-state index >= 15 is 0 Å². The van der Waals surface area contributed by atoms with Gasteiger partial charge in [0.05, 0.1) is 12.0 Å². The van der Waals surface area contributed by atoms with Crippen LogP contribution in [0.2, 0.25) is 0 Å². The maximum Gasteiger partial charge on any atom is 0.135 e. The zero-order chi connectivity index (χ0) is 19.8. The van der Waals surface area contributed by atoms with Crippen molar-refractivity contribution in [1.29, 1.82) is 0 Å². The van der Waals surface area contributed by atoms with Crippen molar-refractivity contribution in [3.63, 3.8) is 0 Å². The van der Waals surface area contributed by atoms with Crippen molar-refractivity contribution in [2.45, 2.75) is 26.2 Å². The number of aromatic nitrogens is 2. The number of furan rings is 1. The first-order valence-corrected chi connectivity index (χ1v) is 11.3. The molecule has 2 aromatic carbocycles. The largest absolute Gasteiger partial charge is 0.464 e. The summed E-state index contributed by atoms with van der Waals surface area (Å²) < 4.78 is 8.14. The van der Waals surface area contributed by atoms with E-state index in [1.54, 1.807) is 23.9 Å². The van der Waals surface area contributed by atoms with Crippen molar-refractivity contribution >= 4 is 64.0 Å². The van der Waals surface area contributed by atoms with Crippen LogP contribution in [0.3, 0.4) is 0 Å². The minimum absolute atomic E-state index is 0.0604. The normalized spacial score (nSPS) is 12.7. The predicted molar refractivity (Wildman–Crippen MR) is 124 cm³/mol. The van der Waals surface area contributed by atoms with Gasteiger partial charge >= 0.3 is 0 Å². The van der Waals surface area contributed by atoms with Gasteiger partial charge in [-0.3, -0.25) is 0 Å². The molecule has 3 nitrogen and oxygen atoms in total. The molecule has 142 valence electrons. The Balaban J connectivity index is 1.72. The molecule has 0 radical (unpaired) electrons. The second-order valence-corrected chi connectivity index (χ2v) is 10.4. The Bertz CT molecular complexity index is 1550. The summed E-state index contributed by atoms with van der Waals surface area (Å²) >= 11 is 3.51. The summed E-state index contributed by atoms with van der Waals surface area (Å²) in [5.41, 5.74) is 4.49. The number of benzene rings is 2. The van der Waals surface area contributed by atoms with Crippen molar-refractivity contribution in [1.82, 2.24) is 9.97 Å². The van der Waals surface area contributed by atoms with Gasteiger partial charge in [0.1, 0.15) is 16.7 Å². The third-order valence-electron chi connectivity index (χ3n) is 5.48. The molecule has 29 heavy (non-hydrogen) atoms. The quantitative estimate of drug-likeness (QED) is 0.276. The molecule has 0 aliphatic carbocycles. The van der Waals surface area contributed by atoms with E-state index in [1.807, 2.05) is 17.4 Å². The van der Waals surface area contributed by atoms with Crippen LogP contribution in [0.25, 0.3) is 52.6 Å². The third-order valence-corrected chi connectivity index (χ3v) is 7.50. The molecule has 4 aromatic heterocycles. The zero-order valence-corrected chi connectivity index (χ0v) is 17.9. The molecule has 5 heteroatoms. The van der Waals surface area contributed by atoms with E-state index in [4.69, 9.17) is 9.40 Å². The summed E-state index contributed by atoms with van der Waals surface area (Å²) in [6.07, 6.45) is 3.43. The summed E-state index contributed by atoms with van der Waals surface area (Å²) in [6.45, 7) is 6.82. The molecule has 6 rings (SSSR count). The van der Waals surface area contributed by atoms with Gasteiger partial charge in [-0.1, -0.05) is 20.8 Å². The molecular weight excluding hydrogens is 396 g/mol. The Morgan fingerprint density at radius 3 is 2.72 bits per heavy atom. The highest BCUT2D eigenvalue weighted by Crippen LogP contribution is 2.42. The van der Waals surface area contributed by atoms with Crippen LogP contribution in [0, 0.1) is 0 Å². The molecule has 0 spiro atoms. The highest BCUT2D eigenvalue weighted by Gasteiger charge is 2.21. The number of fused-ring (bicyclic) bond motifs is 5. The fourth-order valence-electron chi connectivity index (χ4n) is 4.06. The molecule has 0 N–H and O–H groups in total. The number of hydrogen-bond donors (Lipinski definition) is 0. The minimum Gasteiger partial charge on any atom is -0.464 e. The van der Waals surface area contributed by atoms with Crippen molar-refractivity contribution in [2.24, 2.45) is 0 Å². The lowest BCUT2D eigenvalue weighted by Gasteiger charge is -2.21. The summed E-state index contributed by atoms with van der Waals surface area (Å²) in [6, 6.07) is 13.1. The lowest BCUT2D eigenvalue weighted by atomic mass is 9.85. The van der Waals surface area contributed by atoms with Crippen LogP contribution in [-0.4, -0.2) is 9.97 Å². The molecule has 0 amide bonds. The van der Waals surface area contributed by atoms with Gasteiger partial charge in [0.25, 0.3) is 0 Å². The van der Waals surface area contributed by atoms with Crippen LogP contribution in [0.1, 0.15) is 26.3 Å². The van der Waals surface area contributed by atoms with E-state index in [9.17, 15) is 0 Å². The van der Waals surface area contributed by atoms with Crippen molar-refractivity contribution in [3.8, 4) is 11.3 Å². The van der Waals surface area contributed by atoms with E-state index in [0.717, 1.165) is 32.4 Å². The zero-order valence-electron chi connectivity index (χ0n) is 16.3. The maximum absolute atomic E-state index is 5.60. The summed E-state index contributed by atoms with van der Waals surface area (Å²) in [5, 5.41) is 6.88. The smallest absolute Gasteiger partial charge is 0.135 e. The molecular formula is C24H18N2OS2. The van der Waals surface area contributed by atoms with Crippen molar-refractivity contribution in [2.75, 3.05) is 0 Å². The number of nitrogens with zero attached hydrogens (tertiary/aromatic N) is 2.